The van der Waals surface area contributed by atoms with Crippen molar-refractivity contribution in [1.29, 1.82) is 0 Å². The smallest absolute Gasteiger partial charge is 0.315 e. The quantitative estimate of drug-likeness (QED) is 0.0838. The number of hydrogen-bond acceptors (Lipinski definition) is 14. The predicted octanol–water partition coefficient (Wildman–Crippen LogP) is 3.88. The van der Waals surface area contributed by atoms with Crippen LogP contribution < -0.4 is 16.0 Å². The maximum Gasteiger partial charge on any atom is 0.315 e. The van der Waals surface area contributed by atoms with Gasteiger partial charge in [-0.15, -0.1) is 0 Å². The van der Waals surface area contributed by atoms with Crippen molar-refractivity contribution >= 4 is 51.9 Å². The molecule has 0 aliphatic carbocycles. The number of fused-ring (bicyclic) bond motifs is 2. The first kappa shape index (κ1) is 51.8. The maximum atomic E-state index is 14.8. The third-order valence-electron chi connectivity index (χ3n) is 12.5. The van der Waals surface area contributed by atoms with Gasteiger partial charge >= 0.3 is 11.8 Å². The van der Waals surface area contributed by atoms with Crippen molar-refractivity contribution < 1.29 is 53.4 Å². The van der Waals surface area contributed by atoms with Gasteiger partial charge in [-0.25, -0.2) is 4.99 Å². The molecule has 1 unspecified atom stereocenters. The zero-order valence-corrected chi connectivity index (χ0v) is 40.5. The molecule has 4 rings (SSSR count). The van der Waals surface area contributed by atoms with E-state index in [2.05, 4.69) is 61.9 Å². The number of aliphatic imine (C=N–C) groups is 1. The minimum absolute atomic E-state index is 0.0101. The number of likely N-dealkylation sites (tertiary alicyclic amines) is 1. The molecule has 2 bridgehead atoms. The van der Waals surface area contributed by atoms with E-state index in [4.69, 9.17) is 18.9 Å². The van der Waals surface area contributed by atoms with Crippen LogP contribution >= 0.6 is 22.6 Å². The molecule has 0 saturated carbocycles. The second kappa shape index (κ2) is 22.3. The molecule has 17 heteroatoms. The topological polar surface area (TPSA) is 218 Å². The van der Waals surface area contributed by atoms with Crippen LogP contribution in [0.3, 0.4) is 0 Å². The van der Waals surface area contributed by atoms with Gasteiger partial charge in [0.2, 0.25) is 5.91 Å². The van der Waals surface area contributed by atoms with Gasteiger partial charge in [-0.05, 0) is 31.9 Å². The second-order valence-corrected chi connectivity index (χ2v) is 19.5. The van der Waals surface area contributed by atoms with Gasteiger partial charge in [0.05, 0.1) is 47.3 Å². The number of hydrogen-bond donors (Lipinski definition) is 6. The average molecular weight is 994 g/mol. The summed E-state index contributed by atoms with van der Waals surface area (Å²) in [5.41, 5.74) is 1.38. The molecule has 2 fully saturated rings. The number of carbonyl (C=O) groups is 4. The summed E-state index contributed by atoms with van der Waals surface area (Å²) in [6, 6.07) is 0. The van der Waals surface area contributed by atoms with Gasteiger partial charge in [0.1, 0.15) is 18.2 Å². The van der Waals surface area contributed by atoms with E-state index in [0.29, 0.717) is 20.9 Å². The fourth-order valence-corrected chi connectivity index (χ4v) is 9.16. The standard InChI is InChI=1S/C46H68IN5O11/c1-25-13-12-14-26(2)44(59)49-32(8)42-37(33(15-21-53)38-31(7)50-46(51-38)17-19-52(20-18-46)24-27(3)47)43(58)45(9,63-42)61-22-16-34(60-11)28(4)41(62-36(55)23-35(54)48-10)30(6)40(57)29(5)39(25)56/h12-14,16,22,25,27-30,34,39-41,50-51,53,56-57H,7,15,17-21,23-24H2,1-6,8-11H3,(H,48,54)/b13-12+,22-16+,26-14-,38-33?,49-32?/t25-,27?,28+,29+,30+,34-,39-,40+,41+,45-/m0/s1. The van der Waals surface area contributed by atoms with Crippen molar-refractivity contribution in [3.8, 4) is 0 Å². The Balaban J connectivity index is 1.84. The third kappa shape index (κ3) is 12.5. The van der Waals surface area contributed by atoms with E-state index in [1.165, 1.54) is 33.4 Å². The third-order valence-corrected chi connectivity index (χ3v) is 12.9. The number of Topliss-reactive ketones (excluding diaryl/α,β-unsaturated/α-hetero) is 1. The molecule has 0 radical (unpaired) electrons. The van der Waals surface area contributed by atoms with Crippen molar-refractivity contribution in [2.24, 2.45) is 28.7 Å². The number of amides is 2. The van der Waals surface area contributed by atoms with Gasteiger partial charge in [-0.1, -0.05) is 82.0 Å². The van der Waals surface area contributed by atoms with Crippen LogP contribution in [-0.2, 0) is 38.1 Å². The second-order valence-electron chi connectivity index (χ2n) is 17.4. The molecule has 10 atom stereocenters. The molecular formula is C46H68IN5O11. The van der Waals surface area contributed by atoms with Crippen molar-refractivity contribution in [2.75, 3.05) is 40.4 Å². The van der Waals surface area contributed by atoms with Crippen molar-refractivity contribution in [1.82, 2.24) is 20.9 Å². The summed E-state index contributed by atoms with van der Waals surface area (Å²) in [5, 5.41) is 43.1. The number of methoxy groups -OCH3 is 1. The molecule has 4 heterocycles. The van der Waals surface area contributed by atoms with E-state index in [1.54, 1.807) is 59.8 Å². The predicted molar refractivity (Wildman–Crippen MR) is 247 cm³/mol. The largest absolute Gasteiger partial charge is 0.461 e. The van der Waals surface area contributed by atoms with Crippen LogP contribution in [-0.4, -0.2) is 130 Å². The minimum Gasteiger partial charge on any atom is -0.461 e. The molecule has 1 spiro atoms. The van der Waals surface area contributed by atoms with Crippen LogP contribution in [0.25, 0.3) is 0 Å². The van der Waals surface area contributed by atoms with Crippen LogP contribution in [0, 0.1) is 23.7 Å². The van der Waals surface area contributed by atoms with Gasteiger partial charge in [0.25, 0.3) is 11.7 Å². The highest BCUT2D eigenvalue weighted by Crippen LogP contribution is 2.41. The number of halogens is 1. The van der Waals surface area contributed by atoms with Crippen LogP contribution in [0.4, 0.5) is 0 Å². The lowest BCUT2D eigenvalue weighted by Crippen LogP contribution is -2.56. The lowest BCUT2D eigenvalue weighted by Gasteiger charge is -2.40. The molecule has 4 aliphatic rings. The van der Waals surface area contributed by atoms with Crippen LogP contribution in [0.2, 0.25) is 0 Å². The summed E-state index contributed by atoms with van der Waals surface area (Å²) >= 11 is 2.43. The first-order valence-electron chi connectivity index (χ1n) is 21.7. The molecule has 6 N–H and O–H groups in total. The Morgan fingerprint density at radius 2 is 1.75 bits per heavy atom. The van der Waals surface area contributed by atoms with E-state index < -0.39 is 89.5 Å². The lowest BCUT2D eigenvalue weighted by atomic mass is 9.78. The van der Waals surface area contributed by atoms with Crippen molar-refractivity contribution in [3.05, 3.63) is 71.0 Å². The first-order chi connectivity index (χ1) is 29.6. The zero-order chi connectivity index (χ0) is 47.0. The number of esters is 1. The maximum absolute atomic E-state index is 14.8. The van der Waals surface area contributed by atoms with Gasteiger partial charge in [-0.3, -0.25) is 19.2 Å². The zero-order valence-electron chi connectivity index (χ0n) is 38.3. The molecule has 350 valence electrons. The Labute approximate surface area is 385 Å². The molecule has 63 heavy (non-hydrogen) atoms. The lowest BCUT2D eigenvalue weighted by molar-refractivity contribution is -0.171. The van der Waals surface area contributed by atoms with E-state index >= 15 is 0 Å². The molecule has 4 aliphatic heterocycles. The number of rotatable bonds is 9. The highest BCUT2D eigenvalue weighted by Gasteiger charge is 2.51. The Hall–Kier alpha value is -3.88. The fraction of sp³-hybridized carbons (Fsp3) is 0.630. The highest BCUT2D eigenvalue weighted by atomic mass is 127. The van der Waals surface area contributed by atoms with Crippen molar-refractivity contribution in [2.45, 2.75) is 121 Å². The Morgan fingerprint density at radius 3 is 2.35 bits per heavy atom. The summed E-state index contributed by atoms with van der Waals surface area (Å²) in [7, 11) is 2.84. The normalized spacial score (nSPS) is 34.2. The number of nitrogens with zero attached hydrogens (tertiary/aromatic N) is 2. The van der Waals surface area contributed by atoms with E-state index in [-0.39, 0.29) is 35.6 Å². The number of allylic oxidation sites excluding steroid dienone is 3. The van der Waals surface area contributed by atoms with Gasteiger partial charge in [0.15, 0.2) is 5.76 Å². The fourth-order valence-electron chi connectivity index (χ4n) is 8.61. The van der Waals surface area contributed by atoms with Gasteiger partial charge in [-0.2, -0.15) is 0 Å². The van der Waals surface area contributed by atoms with E-state index in [9.17, 15) is 34.5 Å². The average Bonchev–Trinajstić information content (AvgIpc) is 3.70. The van der Waals surface area contributed by atoms with Gasteiger partial charge < -0.3 is 55.1 Å². The molecule has 0 aromatic carbocycles. The number of alkyl halides is 1. The first-order valence-corrected chi connectivity index (χ1v) is 22.9. The monoisotopic (exact) mass is 993 g/mol. The Bertz CT molecular complexity index is 1920. The number of carbonyl (C=O) groups excluding carboxylic acids is 4. The summed E-state index contributed by atoms with van der Waals surface area (Å²) in [6.45, 7) is 20.3. The molecule has 16 nitrogen and oxygen atoms in total. The minimum atomic E-state index is -1.99. The molecule has 0 aromatic heterocycles. The molecule has 0 aromatic rings. The number of piperidine rings is 1. The van der Waals surface area contributed by atoms with Crippen LogP contribution in [0.15, 0.2) is 76.0 Å². The van der Waals surface area contributed by atoms with Crippen LogP contribution in [0.5, 0.6) is 0 Å². The van der Waals surface area contributed by atoms with E-state index in [0.717, 1.165) is 32.5 Å². The Kier molecular flexibility index (Phi) is 18.4. The van der Waals surface area contributed by atoms with E-state index in [1.807, 2.05) is 0 Å². The number of ether oxygens (including phenoxy) is 4. The Morgan fingerprint density at radius 1 is 1.08 bits per heavy atom. The molecular weight excluding hydrogens is 925 g/mol. The number of ketones is 1. The van der Waals surface area contributed by atoms with Crippen LogP contribution in [0.1, 0.15) is 81.1 Å². The SMILES string of the molecule is C=C1NC2(CCN(CC(C)I)CC2)NC1=C(CCO)C1=C2O[C@](C)(O/C=C/[C@H](OC)[C@@H](C)[C@@H](OC(=O)CC(=O)NC)[C@H](C)[C@H](O)[C@H](C)[C@@H](O)[C@@H](C)/C=C/C=C(/C)C(=O)N=C2C)C1=O. The summed E-state index contributed by atoms with van der Waals surface area (Å²) in [5.74, 6) is -7.23. The molecule has 2 saturated heterocycles. The highest BCUT2D eigenvalue weighted by molar-refractivity contribution is 14.1. The number of aliphatic hydroxyl groups excluding tert-OH is 3. The number of nitrogens with one attached hydrogen (secondary N) is 3. The molecule has 2 amide bonds. The van der Waals surface area contributed by atoms with Crippen molar-refractivity contribution in [3.63, 3.8) is 0 Å². The summed E-state index contributed by atoms with van der Waals surface area (Å²) < 4.78 is 24.8. The summed E-state index contributed by atoms with van der Waals surface area (Å²) in [4.78, 5) is 60.4. The van der Waals surface area contributed by atoms with Gasteiger partial charge in [0, 0.05) is 93.3 Å². The summed E-state index contributed by atoms with van der Waals surface area (Å²) in [6.07, 6.45) is 4.50. The number of aliphatic hydroxyl groups is 3.